The van der Waals surface area contributed by atoms with Gasteiger partial charge < -0.3 is 5.73 Å². The topological polar surface area (TPSA) is 80.5 Å². The Morgan fingerprint density at radius 1 is 1.55 bits per heavy atom. The molecule has 0 aromatic heterocycles. The van der Waals surface area contributed by atoms with Gasteiger partial charge in [-0.15, -0.1) is 0 Å². The van der Waals surface area contributed by atoms with Gasteiger partial charge in [0.25, 0.3) is 0 Å². The van der Waals surface area contributed by atoms with E-state index in [-0.39, 0.29) is 19.0 Å². The van der Waals surface area contributed by atoms with Gasteiger partial charge in [0.1, 0.15) is 0 Å². The molecule has 64 valence electrons. The third-order valence-corrected chi connectivity index (χ3v) is 2.96. The van der Waals surface area contributed by atoms with Crippen molar-refractivity contribution in [2.75, 3.05) is 19.3 Å². The first-order valence-corrected chi connectivity index (χ1v) is 5.00. The van der Waals surface area contributed by atoms with Gasteiger partial charge in [-0.25, -0.2) is 12.7 Å². The molecular weight excluding hydrogens is 168 g/mol. The van der Waals surface area contributed by atoms with Gasteiger partial charge in [0, 0.05) is 13.1 Å². The summed E-state index contributed by atoms with van der Waals surface area (Å²) < 4.78 is 22.7. The van der Waals surface area contributed by atoms with Crippen LogP contribution < -0.4 is 5.73 Å². The number of amides is 1. The highest BCUT2D eigenvalue weighted by molar-refractivity contribution is 7.88. The van der Waals surface area contributed by atoms with Crippen molar-refractivity contribution in [3.05, 3.63) is 0 Å². The van der Waals surface area contributed by atoms with Crippen LogP contribution in [0.5, 0.6) is 0 Å². The van der Waals surface area contributed by atoms with Gasteiger partial charge in [-0.1, -0.05) is 0 Å². The van der Waals surface area contributed by atoms with Crippen molar-refractivity contribution in [3.63, 3.8) is 0 Å². The van der Waals surface area contributed by atoms with Crippen molar-refractivity contribution < 1.29 is 13.2 Å². The van der Waals surface area contributed by atoms with Crippen molar-refractivity contribution in [2.45, 2.75) is 0 Å². The summed E-state index contributed by atoms with van der Waals surface area (Å²) in [6.45, 7) is 0.488. The van der Waals surface area contributed by atoms with Gasteiger partial charge in [-0.2, -0.15) is 0 Å². The standard InChI is InChI=1S/C5H10N2O3S/c1-11(9,10)7-2-4(3-7)5(6)8/h4H,2-3H2,1H3,(H2,6,8). The van der Waals surface area contributed by atoms with E-state index in [0.717, 1.165) is 6.26 Å². The number of hydrogen-bond acceptors (Lipinski definition) is 3. The van der Waals surface area contributed by atoms with Crippen molar-refractivity contribution in [2.24, 2.45) is 11.7 Å². The highest BCUT2D eigenvalue weighted by Gasteiger charge is 2.36. The van der Waals surface area contributed by atoms with Crippen LogP contribution in [0.2, 0.25) is 0 Å². The first-order chi connectivity index (χ1) is 4.91. The average Bonchev–Trinajstić information content (AvgIpc) is 1.51. The Hall–Kier alpha value is -0.620. The first kappa shape index (κ1) is 8.48. The van der Waals surface area contributed by atoms with Crippen molar-refractivity contribution in [1.82, 2.24) is 4.31 Å². The van der Waals surface area contributed by atoms with Crippen LogP contribution in [0, 0.1) is 5.92 Å². The second-order valence-electron chi connectivity index (χ2n) is 2.68. The molecule has 0 atom stereocenters. The van der Waals surface area contributed by atoms with E-state index in [1.54, 1.807) is 0 Å². The smallest absolute Gasteiger partial charge is 0.223 e. The molecule has 0 spiro atoms. The zero-order chi connectivity index (χ0) is 8.65. The SMILES string of the molecule is CS(=O)(=O)N1CC(C(N)=O)C1. The zero-order valence-electron chi connectivity index (χ0n) is 6.15. The molecule has 1 saturated heterocycles. The number of nitrogens with zero attached hydrogens (tertiary/aromatic N) is 1. The van der Waals surface area contributed by atoms with Crippen LogP contribution >= 0.6 is 0 Å². The van der Waals surface area contributed by atoms with Gasteiger partial charge in [0.2, 0.25) is 15.9 Å². The Bertz CT molecular complexity index is 265. The van der Waals surface area contributed by atoms with Crippen molar-refractivity contribution in [3.8, 4) is 0 Å². The van der Waals surface area contributed by atoms with E-state index < -0.39 is 15.9 Å². The molecule has 1 rings (SSSR count). The quantitative estimate of drug-likeness (QED) is 0.551. The number of carbonyl (C=O) groups excluding carboxylic acids is 1. The van der Waals surface area contributed by atoms with E-state index >= 15 is 0 Å². The Labute approximate surface area is 65.2 Å². The summed E-state index contributed by atoms with van der Waals surface area (Å²) >= 11 is 0. The Morgan fingerprint density at radius 3 is 2.27 bits per heavy atom. The van der Waals surface area contributed by atoms with E-state index in [2.05, 4.69) is 0 Å². The zero-order valence-corrected chi connectivity index (χ0v) is 6.97. The molecular formula is C5H10N2O3S. The fraction of sp³-hybridized carbons (Fsp3) is 0.800. The molecule has 1 heterocycles. The van der Waals surface area contributed by atoms with E-state index in [0.29, 0.717) is 0 Å². The largest absolute Gasteiger partial charge is 0.369 e. The van der Waals surface area contributed by atoms with Crippen LogP contribution in [0.1, 0.15) is 0 Å². The third kappa shape index (κ3) is 1.69. The lowest BCUT2D eigenvalue weighted by molar-refractivity contribution is -0.124. The molecule has 0 saturated carbocycles. The number of sulfonamides is 1. The maximum atomic E-state index is 10.8. The predicted molar refractivity (Wildman–Crippen MR) is 39.1 cm³/mol. The van der Waals surface area contributed by atoms with E-state index in [1.165, 1.54) is 4.31 Å². The summed E-state index contributed by atoms with van der Waals surface area (Å²) in [7, 11) is -3.11. The van der Waals surface area contributed by atoms with Gasteiger partial charge >= 0.3 is 0 Å². The second kappa shape index (κ2) is 2.46. The van der Waals surface area contributed by atoms with Gasteiger partial charge in [-0.05, 0) is 0 Å². The lowest BCUT2D eigenvalue weighted by Gasteiger charge is -2.34. The fourth-order valence-electron chi connectivity index (χ4n) is 0.889. The second-order valence-corrected chi connectivity index (χ2v) is 4.66. The van der Waals surface area contributed by atoms with Crippen LogP contribution in [0.3, 0.4) is 0 Å². The molecule has 0 radical (unpaired) electrons. The van der Waals surface area contributed by atoms with Gasteiger partial charge in [0.05, 0.1) is 12.2 Å². The fourth-order valence-corrected chi connectivity index (χ4v) is 1.79. The molecule has 0 aliphatic carbocycles. The lowest BCUT2D eigenvalue weighted by atomic mass is 10.0. The Kier molecular flexibility index (Phi) is 1.89. The summed E-state index contributed by atoms with van der Waals surface area (Å²) in [5.41, 5.74) is 4.94. The number of rotatable bonds is 2. The molecule has 11 heavy (non-hydrogen) atoms. The van der Waals surface area contributed by atoms with Gasteiger partial charge in [0.15, 0.2) is 0 Å². The first-order valence-electron chi connectivity index (χ1n) is 3.15. The minimum Gasteiger partial charge on any atom is -0.369 e. The molecule has 1 fully saturated rings. The molecule has 1 aliphatic rings. The normalized spacial score (nSPS) is 21.2. The minimum absolute atomic E-state index is 0.244. The molecule has 0 unspecified atom stereocenters. The Balaban J connectivity index is 2.48. The van der Waals surface area contributed by atoms with Crippen LogP contribution in [-0.2, 0) is 14.8 Å². The average molecular weight is 178 g/mol. The van der Waals surface area contributed by atoms with Crippen molar-refractivity contribution in [1.29, 1.82) is 0 Å². The van der Waals surface area contributed by atoms with Crippen LogP contribution in [0.15, 0.2) is 0 Å². The summed E-state index contributed by atoms with van der Waals surface area (Å²) in [4.78, 5) is 10.5. The maximum absolute atomic E-state index is 10.8. The monoisotopic (exact) mass is 178 g/mol. The number of carbonyl (C=O) groups is 1. The van der Waals surface area contributed by atoms with Crippen molar-refractivity contribution >= 4 is 15.9 Å². The van der Waals surface area contributed by atoms with Gasteiger partial charge in [-0.3, -0.25) is 4.79 Å². The predicted octanol–water partition coefficient (Wildman–Crippen LogP) is -1.64. The highest BCUT2D eigenvalue weighted by Crippen LogP contribution is 2.17. The summed E-state index contributed by atoms with van der Waals surface area (Å²) in [5, 5.41) is 0. The molecule has 5 nitrogen and oxygen atoms in total. The highest BCUT2D eigenvalue weighted by atomic mass is 32.2. The van der Waals surface area contributed by atoms with Crippen LogP contribution in [0.4, 0.5) is 0 Å². The number of primary amides is 1. The van der Waals surface area contributed by atoms with Crippen LogP contribution in [0.25, 0.3) is 0 Å². The van der Waals surface area contributed by atoms with E-state index in [1.807, 2.05) is 0 Å². The molecule has 2 N–H and O–H groups in total. The Morgan fingerprint density at radius 2 is 2.00 bits per heavy atom. The maximum Gasteiger partial charge on any atom is 0.223 e. The third-order valence-electron chi connectivity index (χ3n) is 1.72. The summed E-state index contributed by atoms with van der Waals surface area (Å²) in [5.74, 6) is -0.713. The molecule has 0 aromatic rings. The number of nitrogens with two attached hydrogens (primary N) is 1. The lowest BCUT2D eigenvalue weighted by Crippen LogP contribution is -2.54. The molecule has 0 aromatic carbocycles. The molecule has 1 amide bonds. The van der Waals surface area contributed by atoms with E-state index in [4.69, 9.17) is 5.73 Å². The number of hydrogen-bond donors (Lipinski definition) is 1. The molecule has 0 bridgehead atoms. The summed E-state index contributed by atoms with van der Waals surface area (Å²) in [6, 6.07) is 0. The summed E-state index contributed by atoms with van der Waals surface area (Å²) in [6.07, 6.45) is 1.12. The minimum atomic E-state index is -3.11. The van der Waals surface area contributed by atoms with Crippen LogP contribution in [-0.4, -0.2) is 38.0 Å². The molecule has 6 heteroatoms. The molecule has 1 aliphatic heterocycles. The van der Waals surface area contributed by atoms with E-state index in [9.17, 15) is 13.2 Å².